The van der Waals surface area contributed by atoms with Gasteiger partial charge in [0.2, 0.25) is 5.91 Å². The Hall–Kier alpha value is -0.820. The van der Waals surface area contributed by atoms with Crippen molar-refractivity contribution >= 4 is 5.91 Å². The van der Waals surface area contributed by atoms with Gasteiger partial charge < -0.3 is 15.7 Å². The van der Waals surface area contributed by atoms with Crippen molar-refractivity contribution < 1.29 is 23.1 Å². The summed E-state index contributed by atoms with van der Waals surface area (Å²) < 4.78 is 35.6. The van der Waals surface area contributed by atoms with Gasteiger partial charge in [-0.05, 0) is 12.8 Å². The van der Waals surface area contributed by atoms with Gasteiger partial charge in [-0.3, -0.25) is 4.79 Å². The molecular formula is C11H19F3N2O2. The molecule has 1 aliphatic carbocycles. The number of aliphatic hydroxyl groups is 1. The molecule has 3 N–H and O–H groups in total. The van der Waals surface area contributed by atoms with Crippen LogP contribution in [0, 0.1) is 0 Å². The van der Waals surface area contributed by atoms with Gasteiger partial charge in [0.1, 0.15) is 6.54 Å². The first-order valence-electron chi connectivity index (χ1n) is 6.06. The second-order valence-electron chi connectivity index (χ2n) is 4.74. The molecule has 0 saturated heterocycles. The molecule has 0 bridgehead atoms. The Kier molecular flexibility index (Phi) is 5.40. The van der Waals surface area contributed by atoms with Gasteiger partial charge in [-0.1, -0.05) is 19.3 Å². The molecule has 1 aliphatic rings. The lowest BCUT2D eigenvalue weighted by atomic mass is 9.82. The fraction of sp³-hybridized carbons (Fsp3) is 0.909. The van der Waals surface area contributed by atoms with E-state index < -0.39 is 24.2 Å². The largest absolute Gasteiger partial charge is 0.405 e. The molecule has 0 unspecified atom stereocenters. The summed E-state index contributed by atoms with van der Waals surface area (Å²) in [6, 6.07) is 0. The number of nitrogens with one attached hydrogen (secondary N) is 2. The number of hydrogen-bond donors (Lipinski definition) is 3. The molecule has 106 valence electrons. The van der Waals surface area contributed by atoms with Crippen LogP contribution in [0.5, 0.6) is 0 Å². The number of rotatable bonds is 5. The third-order valence-corrected chi connectivity index (χ3v) is 3.22. The Bertz CT molecular complexity index is 276. The number of alkyl halides is 3. The predicted octanol–water partition coefficient (Wildman–Crippen LogP) is 0.950. The minimum atomic E-state index is -4.39. The maximum absolute atomic E-state index is 11.9. The summed E-state index contributed by atoms with van der Waals surface area (Å²) in [6.45, 7) is -1.62. The van der Waals surface area contributed by atoms with Crippen molar-refractivity contribution in [3.63, 3.8) is 0 Å². The standard InChI is InChI=1S/C11H19F3N2O2/c12-11(13,14)7-15-9(18)6-16-10(8-17)4-2-1-3-5-10/h16-17H,1-8H2,(H,15,18). The molecule has 0 aliphatic heterocycles. The van der Waals surface area contributed by atoms with Gasteiger partial charge in [-0.15, -0.1) is 0 Å². The van der Waals surface area contributed by atoms with Crippen LogP contribution in [0.2, 0.25) is 0 Å². The van der Waals surface area contributed by atoms with Crippen molar-refractivity contribution in [2.45, 2.75) is 43.8 Å². The van der Waals surface area contributed by atoms with Crippen LogP contribution in [0.25, 0.3) is 0 Å². The molecule has 0 heterocycles. The molecule has 1 rings (SSSR count). The molecule has 1 saturated carbocycles. The molecule has 4 nitrogen and oxygen atoms in total. The number of carbonyl (C=O) groups is 1. The van der Waals surface area contributed by atoms with Crippen molar-refractivity contribution in [3.8, 4) is 0 Å². The van der Waals surface area contributed by atoms with E-state index in [1.807, 2.05) is 0 Å². The number of amides is 1. The highest BCUT2D eigenvalue weighted by Gasteiger charge is 2.32. The summed E-state index contributed by atoms with van der Waals surface area (Å²) in [5.74, 6) is -0.703. The molecule has 18 heavy (non-hydrogen) atoms. The van der Waals surface area contributed by atoms with Gasteiger partial charge in [0.25, 0.3) is 0 Å². The average molecular weight is 268 g/mol. The van der Waals surface area contributed by atoms with Gasteiger partial charge in [0.05, 0.1) is 13.2 Å². The third-order valence-electron chi connectivity index (χ3n) is 3.22. The molecular weight excluding hydrogens is 249 g/mol. The van der Waals surface area contributed by atoms with E-state index in [9.17, 15) is 23.1 Å². The average Bonchev–Trinajstić information content (AvgIpc) is 2.34. The normalized spacial score (nSPS) is 19.6. The highest BCUT2D eigenvalue weighted by Crippen LogP contribution is 2.27. The Morgan fingerprint density at radius 3 is 2.33 bits per heavy atom. The van der Waals surface area contributed by atoms with E-state index in [0.29, 0.717) is 0 Å². The van der Waals surface area contributed by atoms with Crippen molar-refractivity contribution in [2.24, 2.45) is 0 Å². The maximum atomic E-state index is 11.9. The summed E-state index contributed by atoms with van der Waals surface area (Å²) in [5, 5.41) is 14.0. The van der Waals surface area contributed by atoms with Gasteiger partial charge in [-0.2, -0.15) is 13.2 Å². The Balaban J connectivity index is 2.32. The first-order valence-corrected chi connectivity index (χ1v) is 6.06. The fourth-order valence-corrected chi connectivity index (χ4v) is 2.15. The zero-order chi connectivity index (χ0) is 13.6. The Morgan fingerprint density at radius 2 is 1.83 bits per heavy atom. The topological polar surface area (TPSA) is 61.4 Å². The van der Waals surface area contributed by atoms with Crippen LogP contribution in [0.4, 0.5) is 13.2 Å². The van der Waals surface area contributed by atoms with Gasteiger partial charge in [-0.25, -0.2) is 0 Å². The Labute approximate surface area is 104 Å². The lowest BCUT2D eigenvalue weighted by Gasteiger charge is -2.36. The van der Waals surface area contributed by atoms with Crippen LogP contribution in [0.3, 0.4) is 0 Å². The molecule has 7 heteroatoms. The molecule has 0 spiro atoms. The number of aliphatic hydroxyl groups excluding tert-OH is 1. The van der Waals surface area contributed by atoms with E-state index in [1.165, 1.54) is 0 Å². The third kappa shape index (κ3) is 5.22. The van der Waals surface area contributed by atoms with Crippen molar-refractivity contribution in [2.75, 3.05) is 19.7 Å². The number of halogens is 3. The maximum Gasteiger partial charge on any atom is 0.405 e. The van der Waals surface area contributed by atoms with Crippen LogP contribution in [0.15, 0.2) is 0 Å². The van der Waals surface area contributed by atoms with E-state index in [4.69, 9.17) is 0 Å². The summed E-state index contributed by atoms with van der Waals surface area (Å²) in [6.07, 6.45) is 0.0976. The second-order valence-corrected chi connectivity index (χ2v) is 4.74. The molecule has 0 aromatic rings. The van der Waals surface area contributed by atoms with Crippen LogP contribution < -0.4 is 10.6 Å². The molecule has 0 atom stereocenters. The van der Waals surface area contributed by atoms with Crippen LogP contribution in [0.1, 0.15) is 32.1 Å². The lowest BCUT2D eigenvalue weighted by Crippen LogP contribution is -2.53. The summed E-state index contributed by atoms with van der Waals surface area (Å²) in [7, 11) is 0. The SMILES string of the molecule is O=C(CNC1(CO)CCCCC1)NCC(F)(F)F. The van der Waals surface area contributed by atoms with E-state index >= 15 is 0 Å². The first-order chi connectivity index (χ1) is 8.37. The van der Waals surface area contributed by atoms with Crippen LogP contribution in [-0.4, -0.2) is 42.4 Å². The molecule has 0 aromatic carbocycles. The van der Waals surface area contributed by atoms with Gasteiger partial charge in [0.15, 0.2) is 0 Å². The van der Waals surface area contributed by atoms with Crippen molar-refractivity contribution in [1.29, 1.82) is 0 Å². The molecule has 1 amide bonds. The van der Waals surface area contributed by atoms with E-state index in [0.717, 1.165) is 32.1 Å². The highest BCUT2D eigenvalue weighted by atomic mass is 19.4. The molecule has 1 fully saturated rings. The van der Waals surface area contributed by atoms with Gasteiger partial charge in [0, 0.05) is 5.54 Å². The number of carbonyl (C=O) groups excluding carboxylic acids is 1. The lowest BCUT2D eigenvalue weighted by molar-refractivity contribution is -0.138. The van der Waals surface area contributed by atoms with E-state index in [2.05, 4.69) is 5.32 Å². The summed E-state index contributed by atoms with van der Waals surface area (Å²) >= 11 is 0. The van der Waals surface area contributed by atoms with Gasteiger partial charge >= 0.3 is 6.18 Å². The monoisotopic (exact) mass is 268 g/mol. The quantitative estimate of drug-likeness (QED) is 0.695. The first kappa shape index (κ1) is 15.2. The second kappa shape index (κ2) is 6.38. The van der Waals surface area contributed by atoms with Crippen molar-refractivity contribution in [3.05, 3.63) is 0 Å². The summed E-state index contributed by atoms with van der Waals surface area (Å²) in [4.78, 5) is 11.2. The van der Waals surface area contributed by atoms with Crippen LogP contribution >= 0.6 is 0 Å². The Morgan fingerprint density at radius 1 is 1.22 bits per heavy atom. The summed E-state index contributed by atoms with van der Waals surface area (Å²) in [5.41, 5.74) is -0.506. The molecule has 0 aromatic heterocycles. The number of hydrogen-bond acceptors (Lipinski definition) is 3. The van der Waals surface area contributed by atoms with E-state index in [-0.39, 0.29) is 13.2 Å². The zero-order valence-corrected chi connectivity index (χ0v) is 10.1. The minimum absolute atomic E-state index is 0.0977. The van der Waals surface area contributed by atoms with E-state index in [1.54, 1.807) is 5.32 Å². The van der Waals surface area contributed by atoms with Crippen LogP contribution in [-0.2, 0) is 4.79 Å². The zero-order valence-electron chi connectivity index (χ0n) is 10.1. The van der Waals surface area contributed by atoms with Crippen molar-refractivity contribution in [1.82, 2.24) is 10.6 Å². The minimum Gasteiger partial charge on any atom is -0.394 e. The highest BCUT2D eigenvalue weighted by molar-refractivity contribution is 5.78. The molecule has 0 radical (unpaired) electrons. The smallest absolute Gasteiger partial charge is 0.394 e. The fourth-order valence-electron chi connectivity index (χ4n) is 2.15. The predicted molar refractivity (Wildman–Crippen MR) is 60.0 cm³/mol.